The summed E-state index contributed by atoms with van der Waals surface area (Å²) in [6.45, 7) is 0. The van der Waals surface area contributed by atoms with Gasteiger partial charge in [0.15, 0.2) is 0 Å². The summed E-state index contributed by atoms with van der Waals surface area (Å²) in [7, 11) is 0. The molecule has 4 aromatic rings. The van der Waals surface area contributed by atoms with Crippen molar-refractivity contribution in [1.82, 2.24) is 0 Å². The largest absolute Gasteiger partial charge is 0.432 e. The second-order valence-corrected chi connectivity index (χ2v) is 16.8. The van der Waals surface area contributed by atoms with Gasteiger partial charge in [0.25, 0.3) is 0 Å². The Kier molecular flexibility index (Phi) is 9.49. The smallest absolute Gasteiger partial charge is 0.400 e. The Hall–Kier alpha value is -4.02. The Bertz CT molecular complexity index is 1870. The van der Waals surface area contributed by atoms with E-state index >= 15 is 17.6 Å². The topological polar surface area (TPSA) is 66.2 Å². The fraction of sp³-hybridized carbons (Fsp3) is 0.381. The molecule has 52 heavy (non-hydrogen) atoms. The number of nitrogens with one attached hydrogen (secondary N) is 2. The van der Waals surface area contributed by atoms with Gasteiger partial charge in [-0.25, -0.2) is 0 Å². The van der Waals surface area contributed by atoms with Gasteiger partial charge in [0, 0.05) is 30.7 Å². The van der Waals surface area contributed by atoms with E-state index in [0.717, 1.165) is 69.2 Å². The highest BCUT2D eigenvalue weighted by atomic mass is 32.1. The van der Waals surface area contributed by atoms with Crippen LogP contribution in [-0.2, 0) is 0 Å². The molecular weight excluding hydrogens is 705 g/mol. The van der Waals surface area contributed by atoms with E-state index in [0.29, 0.717) is 48.7 Å². The van der Waals surface area contributed by atoms with E-state index in [-0.39, 0.29) is 22.9 Å². The van der Waals surface area contributed by atoms with Crippen LogP contribution in [0, 0.1) is 34.5 Å². The van der Waals surface area contributed by atoms with Crippen molar-refractivity contribution >= 4 is 45.2 Å². The molecule has 10 heteroatoms. The zero-order chi connectivity index (χ0) is 36.0. The summed E-state index contributed by atoms with van der Waals surface area (Å²) < 4.78 is 72.0. The summed E-state index contributed by atoms with van der Waals surface area (Å²) in [4.78, 5) is 3.51. The van der Waals surface area contributed by atoms with Gasteiger partial charge in [-0.05, 0) is 147 Å². The number of allylic oxidation sites excluding steroid dienone is 4. The molecule has 13 heterocycles. The molecule has 14 bridgehead atoms. The maximum absolute atomic E-state index is 15.4. The molecule has 270 valence electrons. The normalized spacial score (nSPS) is 25.8. The number of thiophene rings is 2. The first-order chi connectivity index (χ1) is 25.0. The maximum atomic E-state index is 15.4. The molecular formula is C42H40F4N2O2S2. The molecule has 0 amide bonds. The quantitative estimate of drug-likeness (QED) is 0.139. The SMILES string of the molecule is N=C1C(=N)C2=CC=C1c1ccc(s1)-c1ccc(cc1)OC(F)(F)C1CCC(CCC3CCC(CC3)C(F)(F)Oc3ccc(cc3)-c3ccc2s3)CC1. The van der Waals surface area contributed by atoms with Gasteiger partial charge < -0.3 is 9.47 Å². The van der Waals surface area contributed by atoms with Crippen molar-refractivity contribution in [2.75, 3.05) is 0 Å². The van der Waals surface area contributed by atoms with E-state index in [9.17, 15) is 0 Å². The summed E-state index contributed by atoms with van der Waals surface area (Å²) >= 11 is 2.96. The van der Waals surface area contributed by atoms with Crippen molar-refractivity contribution in [2.24, 2.45) is 23.7 Å². The summed E-state index contributed by atoms with van der Waals surface area (Å²) in [6, 6.07) is 21.2. The van der Waals surface area contributed by atoms with Crippen molar-refractivity contribution in [3.8, 4) is 32.4 Å². The van der Waals surface area contributed by atoms with Crippen LogP contribution < -0.4 is 9.47 Å². The second kappa shape index (κ2) is 14.1. The van der Waals surface area contributed by atoms with Gasteiger partial charge in [0.05, 0.1) is 23.3 Å². The Morgan fingerprint density at radius 3 is 1.15 bits per heavy atom. The lowest BCUT2D eigenvalue weighted by Gasteiger charge is -2.35. The van der Waals surface area contributed by atoms with E-state index in [2.05, 4.69) is 0 Å². The van der Waals surface area contributed by atoms with E-state index in [1.807, 2.05) is 36.4 Å². The number of ether oxygens (including phenoxy) is 2. The van der Waals surface area contributed by atoms with Crippen LogP contribution in [0.2, 0.25) is 0 Å². The molecule has 0 unspecified atom stereocenters. The number of benzene rings is 2. The molecule has 0 saturated heterocycles. The highest BCUT2D eigenvalue weighted by Crippen LogP contribution is 2.45. The first-order valence-corrected chi connectivity index (χ1v) is 19.8. The van der Waals surface area contributed by atoms with Crippen LogP contribution in [0.15, 0.2) is 84.9 Å². The lowest BCUT2D eigenvalue weighted by atomic mass is 9.75. The lowest BCUT2D eigenvalue weighted by molar-refractivity contribution is -0.225. The van der Waals surface area contributed by atoms with Gasteiger partial charge >= 0.3 is 12.2 Å². The van der Waals surface area contributed by atoms with Crippen LogP contribution in [0.25, 0.3) is 32.0 Å². The van der Waals surface area contributed by atoms with Crippen molar-refractivity contribution in [3.05, 3.63) is 94.7 Å². The minimum absolute atomic E-state index is 0.114. The molecule has 0 spiro atoms. The molecule has 2 fully saturated rings. The van der Waals surface area contributed by atoms with E-state index in [1.165, 1.54) is 22.7 Å². The fourth-order valence-electron chi connectivity index (χ4n) is 8.19. The van der Waals surface area contributed by atoms with Gasteiger partial charge in [-0.2, -0.15) is 17.6 Å². The summed E-state index contributed by atoms with van der Waals surface area (Å²) in [5, 5.41) is 17.7. The minimum atomic E-state index is -3.27. The van der Waals surface area contributed by atoms with Gasteiger partial charge in [0.1, 0.15) is 11.5 Å². The summed E-state index contributed by atoms with van der Waals surface area (Å²) in [5.41, 5.74) is 3.23. The van der Waals surface area contributed by atoms with Crippen LogP contribution in [-0.4, -0.2) is 23.6 Å². The Morgan fingerprint density at radius 2 is 0.788 bits per heavy atom. The molecule has 2 aromatic carbocycles. The Balaban J connectivity index is 1.06. The van der Waals surface area contributed by atoms with Crippen molar-refractivity contribution in [2.45, 2.75) is 76.4 Å². The zero-order valence-electron chi connectivity index (χ0n) is 28.6. The van der Waals surface area contributed by atoms with E-state index in [1.54, 1.807) is 48.5 Å². The zero-order valence-corrected chi connectivity index (χ0v) is 30.2. The average molecular weight is 745 g/mol. The Morgan fingerprint density at radius 1 is 0.462 bits per heavy atom. The van der Waals surface area contributed by atoms with E-state index < -0.39 is 24.1 Å². The van der Waals surface area contributed by atoms with Crippen LogP contribution in [0.4, 0.5) is 17.6 Å². The third-order valence-corrected chi connectivity index (χ3v) is 13.7. The highest BCUT2D eigenvalue weighted by molar-refractivity contribution is 7.18. The standard InChI is InChI=1S/C42H40F4N2O2S2/c43-41(44)29-11-3-25(4-12-29)1-2-26-5-13-30(14-6-26)42(45,46)50-32-17-9-28(10-18-32)36-22-24-38(52-36)34-20-19-33(39(47)40(34)48)37-23-21-35(51-37)27-7-15-31(49-41)16-8-27/h7-10,15-26,29-30,47-48H,1-6,11-14H2. The first kappa shape index (κ1) is 35.0. The van der Waals surface area contributed by atoms with Gasteiger partial charge in [-0.1, -0.05) is 25.0 Å². The number of rotatable bonds is 0. The summed E-state index contributed by atoms with van der Waals surface area (Å²) in [5.74, 6) is -0.692. The number of halogens is 4. The van der Waals surface area contributed by atoms with Crippen molar-refractivity contribution in [1.29, 1.82) is 10.8 Å². The minimum Gasteiger partial charge on any atom is -0.432 e. The molecule has 11 aliphatic heterocycles. The van der Waals surface area contributed by atoms with Gasteiger partial charge in [-0.15, -0.1) is 22.7 Å². The van der Waals surface area contributed by atoms with Gasteiger partial charge in [-0.3, -0.25) is 10.8 Å². The molecule has 2 aromatic heterocycles. The molecule has 4 nitrogen and oxygen atoms in total. The van der Waals surface area contributed by atoms with Crippen molar-refractivity contribution in [3.63, 3.8) is 0 Å². The number of hydrogen-bond acceptors (Lipinski definition) is 6. The predicted octanol–water partition coefficient (Wildman–Crippen LogP) is 13.0. The van der Waals surface area contributed by atoms with Crippen LogP contribution >= 0.6 is 22.7 Å². The summed E-state index contributed by atoms with van der Waals surface area (Å²) in [6.07, 6.45) is 3.57. The molecule has 3 aliphatic carbocycles. The molecule has 0 atom stereocenters. The van der Waals surface area contributed by atoms with Gasteiger partial charge in [0.2, 0.25) is 0 Å². The third-order valence-electron chi connectivity index (χ3n) is 11.4. The average Bonchev–Trinajstić information content (AvgIpc) is 3.84. The molecule has 0 radical (unpaired) electrons. The monoisotopic (exact) mass is 744 g/mol. The third kappa shape index (κ3) is 7.16. The molecule has 18 rings (SSSR count). The van der Waals surface area contributed by atoms with Crippen LogP contribution in [0.3, 0.4) is 0 Å². The first-order valence-electron chi connectivity index (χ1n) is 18.2. The maximum Gasteiger partial charge on any atom is 0.400 e. The van der Waals surface area contributed by atoms with Crippen molar-refractivity contribution < 1.29 is 27.0 Å². The lowest BCUT2D eigenvalue weighted by Crippen LogP contribution is -2.37. The molecule has 2 saturated carbocycles. The van der Waals surface area contributed by atoms with Crippen LogP contribution in [0.1, 0.15) is 74.0 Å². The van der Waals surface area contributed by atoms with E-state index in [4.69, 9.17) is 20.3 Å². The fourth-order valence-corrected chi connectivity index (χ4v) is 10.3. The molecule has 2 N–H and O–H groups in total. The predicted molar refractivity (Wildman–Crippen MR) is 202 cm³/mol. The Labute approximate surface area is 309 Å². The number of hydrogen-bond donors (Lipinski definition) is 2. The number of alkyl halides is 4. The second-order valence-electron chi connectivity index (χ2n) is 14.6. The van der Waals surface area contributed by atoms with Crippen LogP contribution in [0.5, 0.6) is 11.5 Å². The molecule has 14 aliphatic rings. The highest BCUT2D eigenvalue weighted by Gasteiger charge is 2.45.